The van der Waals surface area contributed by atoms with Crippen molar-refractivity contribution in [1.29, 1.82) is 0 Å². The molecule has 236 valence electrons. The van der Waals surface area contributed by atoms with Gasteiger partial charge in [-0.3, -0.25) is 4.90 Å². The van der Waals surface area contributed by atoms with Gasteiger partial charge in [-0.25, -0.2) is 8.42 Å². The minimum Gasteiger partial charge on any atom is -0.495 e. The van der Waals surface area contributed by atoms with Gasteiger partial charge >= 0.3 is 6.18 Å². The van der Waals surface area contributed by atoms with Crippen LogP contribution >= 0.6 is 0 Å². The summed E-state index contributed by atoms with van der Waals surface area (Å²) < 4.78 is 77.0. The molecule has 4 aliphatic rings. The van der Waals surface area contributed by atoms with Crippen LogP contribution in [0.1, 0.15) is 37.8 Å². The molecule has 4 heterocycles. The van der Waals surface area contributed by atoms with Crippen LogP contribution in [0.25, 0.3) is 10.9 Å². The Kier molecular flexibility index (Phi) is 8.48. The normalized spacial score (nSPS) is 23.8. The number of fused-ring (bicyclic) bond motifs is 3. The summed E-state index contributed by atoms with van der Waals surface area (Å²) >= 11 is 0. The first kappa shape index (κ1) is 30.6. The average Bonchev–Trinajstić information content (AvgIpc) is 3.31. The third-order valence-electron chi connectivity index (χ3n) is 8.83. The lowest BCUT2D eigenvalue weighted by Gasteiger charge is -2.50. The number of piperidine rings is 1. The second-order valence-electron chi connectivity index (χ2n) is 12.0. The summed E-state index contributed by atoms with van der Waals surface area (Å²) in [7, 11) is -1.98. The number of nitrogens with one attached hydrogen (secondary N) is 2. The van der Waals surface area contributed by atoms with Crippen LogP contribution in [0.5, 0.6) is 5.75 Å². The number of aromatic nitrogens is 1. The first-order chi connectivity index (χ1) is 21.0. The molecular formula is C32H37F3N4O4S. The number of hydrogen-bond acceptors (Lipinski definition) is 7. The predicted molar refractivity (Wildman–Crippen MR) is 164 cm³/mol. The van der Waals surface area contributed by atoms with Gasteiger partial charge in [-0.2, -0.15) is 13.2 Å². The number of halogens is 3. The van der Waals surface area contributed by atoms with Crippen molar-refractivity contribution in [1.82, 2.24) is 9.47 Å². The molecule has 0 amide bonds. The fourth-order valence-electron chi connectivity index (χ4n) is 6.68. The SMILES string of the molecule is COc1cc(S(C)(=O)=O)ccc1NCC#Cc1cc2c(NC3CCC(N4CC5C[C@@H](C4)O5)CC3)cccc2n1CC(F)(F)F. The molecule has 1 aliphatic carbocycles. The van der Waals surface area contributed by atoms with Crippen LogP contribution < -0.4 is 15.4 Å². The maximum absolute atomic E-state index is 13.7. The third-order valence-corrected chi connectivity index (χ3v) is 9.94. The van der Waals surface area contributed by atoms with Gasteiger partial charge < -0.3 is 24.7 Å². The molecule has 3 saturated heterocycles. The van der Waals surface area contributed by atoms with Gasteiger partial charge in [-0.05, 0) is 61.9 Å². The highest BCUT2D eigenvalue weighted by molar-refractivity contribution is 7.90. The Labute approximate surface area is 255 Å². The van der Waals surface area contributed by atoms with Crippen molar-refractivity contribution < 1.29 is 31.1 Å². The van der Waals surface area contributed by atoms with Gasteiger partial charge in [-0.1, -0.05) is 12.0 Å². The van der Waals surface area contributed by atoms with Crippen molar-refractivity contribution in [3.63, 3.8) is 0 Å². The summed E-state index contributed by atoms with van der Waals surface area (Å²) in [6.45, 7) is 1.01. The molecule has 12 heteroatoms. The molecule has 1 saturated carbocycles. The molecule has 1 aromatic heterocycles. The van der Waals surface area contributed by atoms with Crippen LogP contribution in [0.4, 0.5) is 24.5 Å². The van der Waals surface area contributed by atoms with E-state index in [9.17, 15) is 21.6 Å². The molecule has 2 atom stereocenters. The molecule has 2 N–H and O–H groups in total. The zero-order valence-electron chi connectivity index (χ0n) is 24.8. The molecule has 44 heavy (non-hydrogen) atoms. The van der Waals surface area contributed by atoms with Crippen molar-refractivity contribution in [2.24, 2.45) is 0 Å². The number of sulfone groups is 1. The number of hydrogen-bond donors (Lipinski definition) is 2. The molecule has 4 fully saturated rings. The van der Waals surface area contributed by atoms with Crippen LogP contribution in [0.15, 0.2) is 47.4 Å². The molecule has 3 aliphatic heterocycles. The number of anilines is 2. The lowest BCUT2D eigenvalue weighted by Crippen LogP contribution is -2.60. The molecule has 3 aromatic rings. The Morgan fingerprint density at radius 3 is 2.43 bits per heavy atom. The molecule has 7 rings (SSSR count). The van der Waals surface area contributed by atoms with Crippen molar-refractivity contribution >= 4 is 32.1 Å². The summed E-state index contributed by atoms with van der Waals surface area (Å²) in [4.78, 5) is 2.70. The van der Waals surface area contributed by atoms with Gasteiger partial charge in [0.1, 0.15) is 12.3 Å². The Bertz CT molecular complexity index is 1670. The molecular weight excluding hydrogens is 593 g/mol. The molecule has 1 unspecified atom stereocenters. The Hall–Kier alpha value is -3.40. The van der Waals surface area contributed by atoms with Gasteiger partial charge in [0.15, 0.2) is 9.84 Å². The van der Waals surface area contributed by atoms with E-state index in [0.29, 0.717) is 40.6 Å². The van der Waals surface area contributed by atoms with Crippen LogP contribution in [0.2, 0.25) is 0 Å². The van der Waals surface area contributed by atoms with E-state index in [4.69, 9.17) is 9.47 Å². The summed E-state index contributed by atoms with van der Waals surface area (Å²) in [5, 5.41) is 7.40. The Balaban J connectivity index is 1.17. The standard InChI is InChI=1S/C32H37F3N4O4S/c1-42-31-17-26(44(2,40)41)12-13-29(31)36-14-4-5-23-15-27-28(6-3-7-30(27)39(23)20-32(33,34)35)37-21-8-10-22(11-9-21)38-18-24-16-25(19-38)43-24/h3,6-7,12-13,15,17,21-22,24-25,36-37H,8-11,14,16,18-20H2,1-2H3/t21?,22?,24-,25?/m0/s1. The highest BCUT2D eigenvalue weighted by Crippen LogP contribution is 2.35. The van der Waals surface area contributed by atoms with Gasteiger partial charge in [0.2, 0.25) is 0 Å². The fourth-order valence-corrected chi connectivity index (χ4v) is 7.31. The smallest absolute Gasteiger partial charge is 0.406 e. The largest absolute Gasteiger partial charge is 0.495 e. The van der Waals surface area contributed by atoms with Crippen LogP contribution in [-0.4, -0.2) is 81.4 Å². The van der Waals surface area contributed by atoms with Gasteiger partial charge in [0.25, 0.3) is 0 Å². The monoisotopic (exact) mass is 630 g/mol. The van der Waals surface area contributed by atoms with Crippen molar-refractivity contribution in [2.75, 3.05) is 43.6 Å². The molecule has 8 nitrogen and oxygen atoms in total. The molecule has 0 spiro atoms. The van der Waals surface area contributed by atoms with Gasteiger partial charge in [0.05, 0.1) is 47.7 Å². The van der Waals surface area contributed by atoms with E-state index >= 15 is 0 Å². The fraction of sp³-hybridized carbons (Fsp3) is 0.500. The first-order valence-electron chi connectivity index (χ1n) is 14.9. The van der Waals surface area contributed by atoms with Gasteiger partial charge in [-0.15, -0.1) is 0 Å². The zero-order valence-corrected chi connectivity index (χ0v) is 25.6. The van der Waals surface area contributed by atoms with Crippen molar-refractivity contribution in [2.45, 2.75) is 74.0 Å². The Morgan fingerprint density at radius 2 is 1.77 bits per heavy atom. The Morgan fingerprint density at radius 1 is 1.05 bits per heavy atom. The lowest BCUT2D eigenvalue weighted by atomic mass is 9.87. The van der Waals surface area contributed by atoms with E-state index in [0.717, 1.165) is 50.7 Å². The predicted octanol–water partition coefficient (Wildman–Crippen LogP) is 5.28. The summed E-state index contributed by atoms with van der Waals surface area (Å²) in [5.74, 6) is 6.16. The second kappa shape index (κ2) is 12.2. The van der Waals surface area contributed by atoms with Crippen LogP contribution in [0.3, 0.4) is 0 Å². The first-order valence-corrected chi connectivity index (χ1v) is 16.8. The van der Waals surface area contributed by atoms with E-state index in [1.807, 2.05) is 6.07 Å². The number of morpholine rings is 1. The summed E-state index contributed by atoms with van der Waals surface area (Å²) in [6.07, 6.45) is 2.86. The van der Waals surface area contributed by atoms with E-state index < -0.39 is 22.6 Å². The topological polar surface area (TPSA) is 84.8 Å². The van der Waals surface area contributed by atoms with Crippen molar-refractivity contribution in [3.05, 3.63) is 48.2 Å². The van der Waals surface area contributed by atoms with Crippen molar-refractivity contribution in [3.8, 4) is 17.6 Å². The number of nitrogens with zero attached hydrogens (tertiary/aromatic N) is 2. The third kappa shape index (κ3) is 6.80. The zero-order chi connectivity index (χ0) is 31.1. The highest BCUT2D eigenvalue weighted by atomic mass is 32.2. The minimum atomic E-state index is -4.42. The number of ether oxygens (including phenoxy) is 2. The number of rotatable bonds is 8. The van der Waals surface area contributed by atoms with Gasteiger partial charge in [0, 0.05) is 55.0 Å². The number of benzene rings is 2. The molecule has 2 aromatic carbocycles. The minimum absolute atomic E-state index is 0.112. The summed E-state index contributed by atoms with van der Waals surface area (Å²) in [6, 6.07) is 12.4. The maximum atomic E-state index is 13.7. The van der Waals surface area contributed by atoms with E-state index in [1.54, 1.807) is 24.3 Å². The van der Waals surface area contributed by atoms with E-state index in [1.165, 1.54) is 30.2 Å². The van der Waals surface area contributed by atoms with Crippen LogP contribution in [-0.2, 0) is 21.1 Å². The number of methoxy groups -OCH3 is 1. The van der Waals surface area contributed by atoms with Crippen LogP contribution in [0, 0.1) is 11.8 Å². The second-order valence-corrected chi connectivity index (χ2v) is 14.0. The maximum Gasteiger partial charge on any atom is 0.406 e. The quantitative estimate of drug-likeness (QED) is 0.328. The summed E-state index contributed by atoms with van der Waals surface area (Å²) in [5.41, 5.74) is 2.08. The molecule has 0 radical (unpaired) electrons. The lowest BCUT2D eigenvalue weighted by molar-refractivity contribution is -0.189. The average molecular weight is 631 g/mol. The van der Waals surface area contributed by atoms with E-state index in [2.05, 4.69) is 27.4 Å². The molecule has 2 bridgehead atoms. The van der Waals surface area contributed by atoms with E-state index in [-0.39, 0.29) is 23.2 Å². The highest BCUT2D eigenvalue weighted by Gasteiger charge is 2.41. The number of alkyl halides is 3.